The van der Waals surface area contributed by atoms with Gasteiger partial charge in [0.15, 0.2) is 0 Å². The van der Waals surface area contributed by atoms with E-state index in [-0.39, 0.29) is 12.0 Å². The summed E-state index contributed by atoms with van der Waals surface area (Å²) in [5.74, 6) is 0.777. The molecule has 114 valence electrons. The number of nitrogens with one attached hydrogen (secondary N) is 1. The lowest BCUT2D eigenvalue weighted by atomic mass is 9.82. The van der Waals surface area contributed by atoms with Gasteiger partial charge in [-0.25, -0.2) is 0 Å². The van der Waals surface area contributed by atoms with Crippen LogP contribution < -0.4 is 5.32 Å². The van der Waals surface area contributed by atoms with Gasteiger partial charge < -0.3 is 10.4 Å². The van der Waals surface area contributed by atoms with E-state index >= 15 is 0 Å². The van der Waals surface area contributed by atoms with Crippen LogP contribution in [0.2, 0.25) is 0 Å². The van der Waals surface area contributed by atoms with E-state index < -0.39 is 0 Å². The summed E-state index contributed by atoms with van der Waals surface area (Å²) < 4.78 is 0. The minimum atomic E-state index is 0.0497. The van der Waals surface area contributed by atoms with Crippen molar-refractivity contribution in [2.24, 2.45) is 11.3 Å². The average molecular weight is 295 g/mol. The number of aliphatic hydroxyl groups excluding tert-OH is 1. The van der Waals surface area contributed by atoms with Gasteiger partial charge in [-0.2, -0.15) is 0 Å². The molecular formula is C17H29NOS. The van der Waals surface area contributed by atoms with Crippen LogP contribution in [-0.2, 0) is 0 Å². The van der Waals surface area contributed by atoms with Gasteiger partial charge in [0.2, 0.25) is 0 Å². The Kier molecular flexibility index (Phi) is 6.06. The topological polar surface area (TPSA) is 32.3 Å². The van der Waals surface area contributed by atoms with Crippen molar-refractivity contribution < 1.29 is 5.11 Å². The highest BCUT2D eigenvalue weighted by Gasteiger charge is 2.31. The van der Waals surface area contributed by atoms with E-state index in [1.807, 2.05) is 11.3 Å². The van der Waals surface area contributed by atoms with Crippen molar-refractivity contribution in [2.75, 3.05) is 13.2 Å². The van der Waals surface area contributed by atoms with Crippen LogP contribution in [0.5, 0.6) is 0 Å². The molecule has 2 rings (SSSR count). The monoisotopic (exact) mass is 295 g/mol. The van der Waals surface area contributed by atoms with Crippen LogP contribution in [0.3, 0.4) is 0 Å². The molecule has 1 fully saturated rings. The van der Waals surface area contributed by atoms with Crippen LogP contribution in [0.4, 0.5) is 0 Å². The van der Waals surface area contributed by atoms with Gasteiger partial charge in [-0.1, -0.05) is 32.8 Å². The second-order valence-electron chi connectivity index (χ2n) is 6.28. The Balaban J connectivity index is 2.04. The first kappa shape index (κ1) is 16.0. The second kappa shape index (κ2) is 7.58. The molecule has 20 heavy (non-hydrogen) atoms. The maximum absolute atomic E-state index is 9.75. The molecule has 1 saturated carbocycles. The van der Waals surface area contributed by atoms with Gasteiger partial charge in [-0.15, -0.1) is 11.3 Å². The molecule has 1 aromatic heterocycles. The molecule has 2 nitrogen and oxygen atoms in total. The Morgan fingerprint density at radius 3 is 2.55 bits per heavy atom. The smallest absolute Gasteiger partial charge is 0.0499 e. The molecule has 1 aliphatic rings. The largest absolute Gasteiger partial charge is 0.396 e. The summed E-state index contributed by atoms with van der Waals surface area (Å²) in [6.45, 7) is 5.60. The lowest BCUT2D eigenvalue weighted by molar-refractivity contribution is 0.106. The molecule has 0 aromatic carbocycles. The van der Waals surface area contributed by atoms with Gasteiger partial charge in [0, 0.05) is 29.5 Å². The molecule has 1 atom stereocenters. The van der Waals surface area contributed by atoms with Gasteiger partial charge >= 0.3 is 0 Å². The van der Waals surface area contributed by atoms with Crippen LogP contribution in [0.1, 0.15) is 63.3 Å². The van der Waals surface area contributed by atoms with E-state index in [9.17, 15) is 5.11 Å². The molecule has 0 amide bonds. The van der Waals surface area contributed by atoms with Gasteiger partial charge in [0.05, 0.1) is 0 Å². The Bertz CT molecular complexity index is 358. The van der Waals surface area contributed by atoms with Gasteiger partial charge in [-0.3, -0.25) is 0 Å². The first-order valence-electron chi connectivity index (χ1n) is 8.12. The number of aliphatic hydroxyl groups is 1. The molecule has 1 aromatic rings. The van der Waals surface area contributed by atoms with Crippen LogP contribution in [0.15, 0.2) is 17.5 Å². The predicted octanol–water partition coefficient (Wildman–Crippen LogP) is 4.37. The minimum Gasteiger partial charge on any atom is -0.396 e. The molecule has 1 heterocycles. The zero-order valence-corrected chi connectivity index (χ0v) is 13.7. The summed E-state index contributed by atoms with van der Waals surface area (Å²) in [6, 6.07) is 4.91. The lowest BCUT2D eigenvalue weighted by Gasteiger charge is -2.33. The molecule has 0 saturated heterocycles. The van der Waals surface area contributed by atoms with Crippen molar-refractivity contribution in [3.8, 4) is 0 Å². The van der Waals surface area contributed by atoms with Crippen LogP contribution in [0.25, 0.3) is 0 Å². The van der Waals surface area contributed by atoms with Crippen molar-refractivity contribution in [3.05, 3.63) is 22.4 Å². The van der Waals surface area contributed by atoms with Crippen molar-refractivity contribution in [2.45, 2.75) is 58.4 Å². The Labute approximate surface area is 127 Å². The first-order valence-corrected chi connectivity index (χ1v) is 9.00. The highest BCUT2D eigenvalue weighted by molar-refractivity contribution is 7.10. The standard InChI is InChI=1S/C17H29NOS/c1-3-17(4-2,13-19)12-18-16(14-8-5-6-9-14)15-10-7-11-20-15/h7,10-11,14,16,18-19H,3-6,8-9,12-13H2,1-2H3. The molecule has 1 aliphatic carbocycles. The molecule has 0 bridgehead atoms. The number of hydrogen-bond acceptors (Lipinski definition) is 3. The maximum Gasteiger partial charge on any atom is 0.0499 e. The molecule has 0 radical (unpaired) electrons. The summed E-state index contributed by atoms with van der Waals surface area (Å²) >= 11 is 1.87. The van der Waals surface area contributed by atoms with E-state index in [1.54, 1.807) is 0 Å². The fourth-order valence-corrected chi connectivity index (χ4v) is 4.26. The second-order valence-corrected chi connectivity index (χ2v) is 7.26. The molecule has 2 N–H and O–H groups in total. The molecular weight excluding hydrogens is 266 g/mol. The summed E-state index contributed by atoms with van der Waals surface area (Å²) in [4.78, 5) is 1.47. The number of hydrogen-bond donors (Lipinski definition) is 2. The molecule has 3 heteroatoms. The quantitative estimate of drug-likeness (QED) is 0.746. The van der Waals surface area contributed by atoms with Crippen molar-refractivity contribution in [3.63, 3.8) is 0 Å². The Morgan fingerprint density at radius 1 is 1.35 bits per heavy atom. The van der Waals surface area contributed by atoms with Gasteiger partial charge in [0.25, 0.3) is 0 Å². The van der Waals surface area contributed by atoms with E-state index in [4.69, 9.17) is 0 Å². The average Bonchev–Trinajstić information content (AvgIpc) is 3.18. The van der Waals surface area contributed by atoms with Crippen molar-refractivity contribution in [1.29, 1.82) is 0 Å². The zero-order valence-electron chi connectivity index (χ0n) is 12.9. The number of rotatable bonds is 8. The van der Waals surface area contributed by atoms with Gasteiger partial charge in [0.1, 0.15) is 0 Å². The van der Waals surface area contributed by atoms with Crippen molar-refractivity contribution >= 4 is 11.3 Å². The maximum atomic E-state index is 9.75. The Morgan fingerprint density at radius 2 is 2.05 bits per heavy atom. The molecule has 0 spiro atoms. The van der Waals surface area contributed by atoms with Gasteiger partial charge in [-0.05, 0) is 43.0 Å². The summed E-state index contributed by atoms with van der Waals surface area (Å²) in [5.41, 5.74) is 0.0497. The van der Waals surface area contributed by atoms with Crippen LogP contribution >= 0.6 is 11.3 Å². The third-order valence-corrected chi connectivity index (χ3v) is 6.21. The summed E-state index contributed by atoms with van der Waals surface area (Å²) in [5, 5.41) is 15.7. The predicted molar refractivity (Wildman–Crippen MR) is 87.1 cm³/mol. The SMILES string of the molecule is CCC(CC)(CO)CNC(c1cccs1)C1CCCC1. The fraction of sp³-hybridized carbons (Fsp3) is 0.765. The normalized spacial score (nSPS) is 18.6. The molecule has 0 aliphatic heterocycles. The third-order valence-electron chi connectivity index (χ3n) is 5.25. The van der Waals surface area contributed by atoms with E-state index in [0.29, 0.717) is 6.04 Å². The molecule has 1 unspecified atom stereocenters. The first-order chi connectivity index (χ1) is 9.74. The minimum absolute atomic E-state index is 0.0497. The van der Waals surface area contributed by atoms with E-state index in [1.165, 1.54) is 30.6 Å². The summed E-state index contributed by atoms with van der Waals surface area (Å²) in [6.07, 6.45) is 7.52. The highest BCUT2D eigenvalue weighted by atomic mass is 32.1. The lowest BCUT2D eigenvalue weighted by Crippen LogP contribution is -2.39. The Hall–Kier alpha value is -0.380. The van der Waals surface area contributed by atoms with Crippen LogP contribution in [-0.4, -0.2) is 18.3 Å². The van der Waals surface area contributed by atoms with Crippen LogP contribution in [0, 0.1) is 11.3 Å². The highest BCUT2D eigenvalue weighted by Crippen LogP contribution is 2.38. The fourth-order valence-electron chi connectivity index (χ4n) is 3.36. The van der Waals surface area contributed by atoms with E-state index in [0.717, 1.165) is 25.3 Å². The van der Waals surface area contributed by atoms with Crippen molar-refractivity contribution in [1.82, 2.24) is 5.32 Å². The summed E-state index contributed by atoms with van der Waals surface area (Å²) in [7, 11) is 0. The number of thiophene rings is 1. The van der Waals surface area contributed by atoms with E-state index in [2.05, 4.69) is 36.7 Å². The third kappa shape index (κ3) is 3.63. The zero-order chi connectivity index (χ0) is 14.4.